The average molecular weight is 187 g/mol. The summed E-state index contributed by atoms with van der Waals surface area (Å²) in [5.74, 6) is 0. The second kappa shape index (κ2) is 2.97. The number of halogens is 1. The lowest BCUT2D eigenvalue weighted by atomic mass is 10.5. The van der Waals surface area contributed by atoms with Crippen LogP contribution in [0, 0.1) is 0 Å². The van der Waals surface area contributed by atoms with Gasteiger partial charge in [0.05, 0.1) is 0 Å². The summed E-state index contributed by atoms with van der Waals surface area (Å²) in [6.07, 6.45) is 4.05. The minimum absolute atomic E-state index is 0.388. The zero-order valence-corrected chi connectivity index (χ0v) is 6.88. The normalized spacial score (nSPS) is 13.1. The minimum Gasteiger partial charge on any atom is -0.193 e. The number of nitrogens with zero attached hydrogens (tertiary/aromatic N) is 1. The lowest BCUT2D eigenvalue weighted by Crippen LogP contribution is -2.32. The smallest absolute Gasteiger partial charge is 0.193 e. The van der Waals surface area contributed by atoms with Gasteiger partial charge in [-0.3, -0.25) is 0 Å². The van der Waals surface area contributed by atoms with Crippen molar-refractivity contribution >= 4 is 15.9 Å². The summed E-state index contributed by atoms with van der Waals surface area (Å²) in [6, 6.07) is 6.03. The molecule has 2 heteroatoms. The third-order valence-corrected chi connectivity index (χ3v) is 1.62. The molecule has 1 aromatic heterocycles. The molecule has 1 atom stereocenters. The van der Waals surface area contributed by atoms with Crippen LogP contribution >= 0.6 is 15.9 Å². The highest BCUT2D eigenvalue weighted by atomic mass is 79.9. The molecule has 0 N–H and O–H groups in total. The van der Waals surface area contributed by atoms with Crippen molar-refractivity contribution in [3.8, 4) is 0 Å². The van der Waals surface area contributed by atoms with E-state index in [4.69, 9.17) is 0 Å². The predicted molar refractivity (Wildman–Crippen MR) is 40.3 cm³/mol. The van der Waals surface area contributed by atoms with Crippen molar-refractivity contribution in [1.29, 1.82) is 0 Å². The zero-order valence-electron chi connectivity index (χ0n) is 5.29. The van der Waals surface area contributed by atoms with E-state index in [0.717, 1.165) is 0 Å². The molecule has 0 amide bonds. The van der Waals surface area contributed by atoms with Crippen molar-refractivity contribution < 1.29 is 4.57 Å². The summed E-state index contributed by atoms with van der Waals surface area (Å²) in [5, 5.41) is 0. The van der Waals surface area contributed by atoms with E-state index in [1.54, 1.807) is 0 Å². The van der Waals surface area contributed by atoms with Gasteiger partial charge in [0.1, 0.15) is 0 Å². The lowest BCUT2D eigenvalue weighted by molar-refractivity contribution is -0.694. The quantitative estimate of drug-likeness (QED) is 0.466. The number of alkyl halides is 1. The highest BCUT2D eigenvalue weighted by molar-refractivity contribution is 9.09. The van der Waals surface area contributed by atoms with Crippen molar-refractivity contribution in [2.24, 2.45) is 0 Å². The molecule has 1 unspecified atom stereocenters. The Morgan fingerprint density at radius 3 is 2.11 bits per heavy atom. The first-order chi connectivity index (χ1) is 4.30. The van der Waals surface area contributed by atoms with E-state index in [2.05, 4.69) is 27.4 Å². The van der Waals surface area contributed by atoms with Gasteiger partial charge < -0.3 is 0 Å². The Hall–Kier alpha value is -0.370. The number of aromatic nitrogens is 1. The number of hydrogen-bond donors (Lipinski definition) is 0. The largest absolute Gasteiger partial charge is 0.209 e. The van der Waals surface area contributed by atoms with E-state index in [-0.39, 0.29) is 0 Å². The molecular formula is C7H9BrN+. The first-order valence-electron chi connectivity index (χ1n) is 2.90. The van der Waals surface area contributed by atoms with Gasteiger partial charge in [-0.15, -0.1) is 0 Å². The molecule has 1 rings (SSSR count). The maximum absolute atomic E-state index is 3.45. The van der Waals surface area contributed by atoms with Crippen LogP contribution in [0.15, 0.2) is 30.6 Å². The molecule has 0 fully saturated rings. The van der Waals surface area contributed by atoms with Crippen LogP contribution in [-0.4, -0.2) is 0 Å². The molecule has 0 bridgehead atoms. The summed E-state index contributed by atoms with van der Waals surface area (Å²) in [5.41, 5.74) is 0. The summed E-state index contributed by atoms with van der Waals surface area (Å²) in [4.78, 5) is 0.388. The molecule has 1 nitrogen and oxygen atoms in total. The molecule has 0 aliphatic carbocycles. The summed E-state index contributed by atoms with van der Waals surface area (Å²) in [6.45, 7) is 2.08. The Balaban J connectivity index is 2.85. The molecule has 0 aliphatic heterocycles. The van der Waals surface area contributed by atoms with E-state index in [1.807, 2.05) is 30.6 Å². The topological polar surface area (TPSA) is 3.88 Å². The van der Waals surface area contributed by atoms with Gasteiger partial charge in [0, 0.05) is 19.1 Å². The second-order valence-electron chi connectivity index (χ2n) is 1.90. The number of rotatable bonds is 1. The van der Waals surface area contributed by atoms with Crippen LogP contribution in [0.3, 0.4) is 0 Å². The first-order valence-corrected chi connectivity index (χ1v) is 3.82. The molecule has 0 saturated carbocycles. The van der Waals surface area contributed by atoms with Crippen molar-refractivity contribution in [2.75, 3.05) is 0 Å². The van der Waals surface area contributed by atoms with Crippen molar-refractivity contribution in [1.82, 2.24) is 0 Å². The van der Waals surface area contributed by atoms with Gasteiger partial charge in [0.15, 0.2) is 12.4 Å². The van der Waals surface area contributed by atoms with E-state index in [9.17, 15) is 0 Å². The van der Waals surface area contributed by atoms with Gasteiger partial charge in [-0.2, -0.15) is 4.57 Å². The average Bonchev–Trinajstić information content (AvgIpc) is 1.90. The fourth-order valence-electron chi connectivity index (χ4n) is 0.649. The molecule has 0 radical (unpaired) electrons. The Labute approximate surface area is 63.5 Å². The molecular weight excluding hydrogens is 178 g/mol. The van der Waals surface area contributed by atoms with Gasteiger partial charge in [0.25, 0.3) is 0 Å². The highest BCUT2D eigenvalue weighted by Gasteiger charge is 2.02. The predicted octanol–water partition coefficient (Wildman–Crippen LogP) is 1.89. The summed E-state index contributed by atoms with van der Waals surface area (Å²) >= 11 is 3.45. The maximum atomic E-state index is 3.45. The van der Waals surface area contributed by atoms with E-state index >= 15 is 0 Å². The summed E-state index contributed by atoms with van der Waals surface area (Å²) in [7, 11) is 0. The summed E-state index contributed by atoms with van der Waals surface area (Å²) < 4.78 is 2.08. The SMILES string of the molecule is CC(Br)[n+]1ccccc1. The second-order valence-corrected chi connectivity index (χ2v) is 3.22. The van der Waals surface area contributed by atoms with Gasteiger partial charge in [-0.25, -0.2) is 0 Å². The van der Waals surface area contributed by atoms with Gasteiger partial charge in [-0.1, -0.05) is 6.07 Å². The van der Waals surface area contributed by atoms with Crippen LogP contribution in [0.1, 0.15) is 11.9 Å². The van der Waals surface area contributed by atoms with E-state index in [0.29, 0.717) is 4.95 Å². The molecule has 0 saturated heterocycles. The fraction of sp³-hybridized carbons (Fsp3) is 0.286. The molecule has 1 heterocycles. The third-order valence-electron chi connectivity index (χ3n) is 1.15. The van der Waals surface area contributed by atoms with Crippen LogP contribution in [-0.2, 0) is 0 Å². The number of hydrogen-bond acceptors (Lipinski definition) is 0. The zero-order chi connectivity index (χ0) is 6.69. The minimum atomic E-state index is 0.388. The Morgan fingerprint density at radius 1 is 1.22 bits per heavy atom. The van der Waals surface area contributed by atoms with Gasteiger partial charge in [0.2, 0.25) is 4.95 Å². The van der Waals surface area contributed by atoms with Crippen LogP contribution < -0.4 is 4.57 Å². The van der Waals surface area contributed by atoms with Gasteiger partial charge in [-0.05, 0) is 15.9 Å². The Morgan fingerprint density at radius 2 is 1.78 bits per heavy atom. The van der Waals surface area contributed by atoms with Crippen LogP contribution in [0.5, 0.6) is 0 Å². The highest BCUT2D eigenvalue weighted by Crippen LogP contribution is 2.01. The maximum Gasteiger partial charge on any atom is 0.209 e. The molecule has 0 aromatic carbocycles. The van der Waals surface area contributed by atoms with Gasteiger partial charge >= 0.3 is 0 Å². The molecule has 0 spiro atoms. The molecule has 9 heavy (non-hydrogen) atoms. The lowest BCUT2D eigenvalue weighted by Gasteiger charge is -1.94. The van der Waals surface area contributed by atoms with Crippen molar-refractivity contribution in [3.05, 3.63) is 30.6 Å². The Kier molecular flexibility index (Phi) is 2.22. The van der Waals surface area contributed by atoms with Crippen LogP contribution in [0.2, 0.25) is 0 Å². The first kappa shape index (κ1) is 6.75. The Bertz CT molecular complexity index is 172. The molecule has 1 aromatic rings. The van der Waals surface area contributed by atoms with Crippen LogP contribution in [0.4, 0.5) is 0 Å². The van der Waals surface area contributed by atoms with E-state index in [1.165, 1.54) is 0 Å². The monoisotopic (exact) mass is 186 g/mol. The third kappa shape index (κ3) is 1.79. The number of pyridine rings is 1. The van der Waals surface area contributed by atoms with E-state index < -0.39 is 0 Å². The fourth-order valence-corrected chi connectivity index (χ4v) is 0.922. The molecule has 48 valence electrons. The molecule has 0 aliphatic rings. The van der Waals surface area contributed by atoms with Crippen LogP contribution in [0.25, 0.3) is 0 Å². The standard InChI is InChI=1S/C7H9BrN/c1-7(8)9-5-3-2-4-6-9/h2-7H,1H3/q+1. The van der Waals surface area contributed by atoms with Crippen molar-refractivity contribution in [3.63, 3.8) is 0 Å². The van der Waals surface area contributed by atoms with Crippen molar-refractivity contribution in [2.45, 2.75) is 11.9 Å².